The van der Waals surface area contributed by atoms with Crippen molar-refractivity contribution in [2.24, 2.45) is 7.05 Å². The first kappa shape index (κ1) is 17.0. The van der Waals surface area contributed by atoms with Gasteiger partial charge in [0.15, 0.2) is 5.69 Å². The molecule has 2 aromatic heterocycles. The van der Waals surface area contributed by atoms with Crippen molar-refractivity contribution in [2.45, 2.75) is 6.42 Å². The first-order chi connectivity index (χ1) is 11.5. The van der Waals surface area contributed by atoms with Gasteiger partial charge in [0.2, 0.25) is 0 Å². The Morgan fingerprint density at radius 3 is 2.92 bits per heavy atom. The number of nitrogens with zero attached hydrogens (tertiary/aromatic N) is 3. The van der Waals surface area contributed by atoms with Gasteiger partial charge in [0, 0.05) is 35.6 Å². The topological polar surface area (TPSA) is 57.0 Å². The van der Waals surface area contributed by atoms with E-state index in [0.29, 0.717) is 21.5 Å². The summed E-state index contributed by atoms with van der Waals surface area (Å²) in [4.78, 5) is 16.4. The summed E-state index contributed by atoms with van der Waals surface area (Å²) in [6, 6.07) is 5.16. The number of ether oxygens (including phenoxy) is 1. The maximum Gasteiger partial charge on any atom is 0.357 e. The van der Waals surface area contributed by atoms with Crippen LogP contribution in [0.1, 0.15) is 16.1 Å². The lowest BCUT2D eigenvalue weighted by Gasteiger charge is -2.02. The number of benzene rings is 1. The quantitative estimate of drug-likeness (QED) is 0.619. The van der Waals surface area contributed by atoms with Gasteiger partial charge in [0.05, 0.1) is 17.8 Å². The van der Waals surface area contributed by atoms with Gasteiger partial charge in [-0.3, -0.25) is 4.68 Å². The lowest BCUT2D eigenvalue weighted by atomic mass is 10.2. The van der Waals surface area contributed by atoms with Crippen LogP contribution >= 0.6 is 34.5 Å². The van der Waals surface area contributed by atoms with Crippen LogP contribution in [-0.2, 0) is 18.2 Å². The van der Waals surface area contributed by atoms with Gasteiger partial charge in [0.1, 0.15) is 5.01 Å². The molecule has 0 radical (unpaired) electrons. The molecule has 3 rings (SSSR count). The van der Waals surface area contributed by atoms with Crippen LogP contribution in [0.15, 0.2) is 36.0 Å². The van der Waals surface area contributed by atoms with Gasteiger partial charge in [-0.15, -0.1) is 11.3 Å². The number of rotatable bonds is 5. The molecule has 24 heavy (non-hydrogen) atoms. The molecule has 3 aromatic rings. The van der Waals surface area contributed by atoms with Crippen LogP contribution in [0.4, 0.5) is 0 Å². The SMILES string of the molecule is Cn1cc(CCOC(=O)c2csc(-c3ccc(Cl)cc3Cl)n2)cn1. The number of hydrogen-bond donors (Lipinski definition) is 0. The lowest BCUT2D eigenvalue weighted by molar-refractivity contribution is 0.0503. The highest BCUT2D eigenvalue weighted by Gasteiger charge is 2.15. The van der Waals surface area contributed by atoms with Crippen LogP contribution in [0, 0.1) is 0 Å². The Morgan fingerprint density at radius 1 is 1.38 bits per heavy atom. The van der Waals surface area contributed by atoms with Gasteiger partial charge in [-0.1, -0.05) is 23.2 Å². The van der Waals surface area contributed by atoms with E-state index in [4.69, 9.17) is 27.9 Å². The molecule has 124 valence electrons. The van der Waals surface area contributed by atoms with Crippen LogP contribution in [0.2, 0.25) is 10.0 Å². The van der Waals surface area contributed by atoms with Gasteiger partial charge in [0.25, 0.3) is 0 Å². The first-order valence-electron chi connectivity index (χ1n) is 7.08. The van der Waals surface area contributed by atoms with E-state index >= 15 is 0 Å². The molecule has 0 fully saturated rings. The maximum atomic E-state index is 12.1. The third-order valence-electron chi connectivity index (χ3n) is 3.26. The standard InChI is InChI=1S/C16H13Cl2N3O2S/c1-21-8-10(7-19-21)4-5-23-16(22)14-9-24-15(20-14)12-3-2-11(17)6-13(12)18/h2-3,6-9H,4-5H2,1H3. The molecular weight excluding hydrogens is 369 g/mol. The van der Waals surface area contributed by atoms with Gasteiger partial charge in [-0.25, -0.2) is 9.78 Å². The van der Waals surface area contributed by atoms with Crippen molar-refractivity contribution in [1.29, 1.82) is 0 Å². The van der Waals surface area contributed by atoms with Crippen LogP contribution in [0.3, 0.4) is 0 Å². The van der Waals surface area contributed by atoms with Gasteiger partial charge >= 0.3 is 5.97 Å². The monoisotopic (exact) mass is 381 g/mol. The average Bonchev–Trinajstić information content (AvgIpc) is 3.16. The van der Waals surface area contributed by atoms with Crippen LogP contribution < -0.4 is 0 Å². The number of thiazole rings is 1. The van der Waals surface area contributed by atoms with E-state index < -0.39 is 5.97 Å². The van der Waals surface area contributed by atoms with E-state index in [1.54, 1.807) is 34.5 Å². The fraction of sp³-hybridized carbons (Fsp3) is 0.188. The fourth-order valence-electron chi connectivity index (χ4n) is 2.09. The first-order valence-corrected chi connectivity index (χ1v) is 8.72. The van der Waals surface area contributed by atoms with Crippen molar-refractivity contribution in [2.75, 3.05) is 6.61 Å². The van der Waals surface area contributed by atoms with Crippen LogP contribution in [-0.4, -0.2) is 27.3 Å². The number of halogens is 2. The largest absolute Gasteiger partial charge is 0.461 e. The molecular formula is C16H13Cl2N3O2S. The van der Waals surface area contributed by atoms with Crippen molar-refractivity contribution in [3.63, 3.8) is 0 Å². The fourth-order valence-corrected chi connectivity index (χ4v) is 3.47. The molecule has 8 heteroatoms. The molecule has 1 aromatic carbocycles. The summed E-state index contributed by atoms with van der Waals surface area (Å²) in [6.07, 6.45) is 4.24. The highest BCUT2D eigenvalue weighted by Crippen LogP contribution is 2.32. The second kappa shape index (κ2) is 7.34. The zero-order valence-electron chi connectivity index (χ0n) is 12.7. The highest BCUT2D eigenvalue weighted by atomic mass is 35.5. The third kappa shape index (κ3) is 3.95. The van der Waals surface area contributed by atoms with Crippen molar-refractivity contribution < 1.29 is 9.53 Å². The molecule has 0 aliphatic rings. The van der Waals surface area contributed by atoms with E-state index in [-0.39, 0.29) is 12.3 Å². The van der Waals surface area contributed by atoms with Gasteiger partial charge < -0.3 is 4.74 Å². The Labute approximate surface area is 152 Å². The summed E-state index contributed by atoms with van der Waals surface area (Å²) < 4.78 is 6.96. The Kier molecular flexibility index (Phi) is 5.18. The van der Waals surface area contributed by atoms with Crippen molar-refractivity contribution in [3.05, 3.63) is 57.3 Å². The predicted molar refractivity (Wildman–Crippen MR) is 94.8 cm³/mol. The molecule has 0 bridgehead atoms. The van der Waals surface area contributed by atoms with Crippen molar-refractivity contribution in [3.8, 4) is 10.6 Å². The smallest absolute Gasteiger partial charge is 0.357 e. The van der Waals surface area contributed by atoms with E-state index in [9.17, 15) is 4.79 Å². The molecule has 0 amide bonds. The summed E-state index contributed by atoms with van der Waals surface area (Å²) in [5.41, 5.74) is 2.02. The average molecular weight is 382 g/mol. The zero-order valence-corrected chi connectivity index (χ0v) is 15.0. The third-order valence-corrected chi connectivity index (χ3v) is 4.68. The number of hydrogen-bond acceptors (Lipinski definition) is 5. The summed E-state index contributed by atoms with van der Waals surface area (Å²) in [5.74, 6) is -0.452. The van der Waals surface area contributed by atoms with E-state index in [2.05, 4.69) is 10.1 Å². The van der Waals surface area contributed by atoms with Gasteiger partial charge in [-0.05, 0) is 23.8 Å². The minimum Gasteiger partial charge on any atom is -0.461 e. The Hall–Kier alpha value is -1.89. The molecule has 0 atom stereocenters. The van der Waals surface area contributed by atoms with E-state index in [0.717, 1.165) is 11.1 Å². The minimum absolute atomic E-state index is 0.271. The number of esters is 1. The molecule has 0 N–H and O–H groups in total. The number of carbonyl (C=O) groups excluding carboxylic acids is 1. The second-order valence-electron chi connectivity index (χ2n) is 5.07. The van der Waals surface area contributed by atoms with Crippen LogP contribution in [0.5, 0.6) is 0 Å². The van der Waals surface area contributed by atoms with E-state index in [1.165, 1.54) is 11.3 Å². The summed E-state index contributed by atoms with van der Waals surface area (Å²) in [6.45, 7) is 0.277. The van der Waals surface area contributed by atoms with Crippen LogP contribution in [0.25, 0.3) is 10.6 Å². The normalized spacial score (nSPS) is 10.8. The maximum absolute atomic E-state index is 12.1. The predicted octanol–water partition coefficient (Wildman–Crippen LogP) is 4.25. The zero-order chi connectivity index (χ0) is 17.1. The highest BCUT2D eigenvalue weighted by molar-refractivity contribution is 7.13. The molecule has 0 aliphatic heterocycles. The second-order valence-corrected chi connectivity index (χ2v) is 6.77. The molecule has 0 spiro atoms. The molecule has 0 saturated heterocycles. The number of carbonyl (C=O) groups is 1. The Balaban J connectivity index is 1.63. The summed E-state index contributed by atoms with van der Waals surface area (Å²) in [5, 5.41) is 7.42. The summed E-state index contributed by atoms with van der Waals surface area (Å²) >= 11 is 13.4. The molecule has 0 aliphatic carbocycles. The molecule has 2 heterocycles. The molecule has 0 unspecified atom stereocenters. The lowest BCUT2D eigenvalue weighted by Crippen LogP contribution is -2.08. The van der Waals surface area contributed by atoms with Crippen molar-refractivity contribution >= 4 is 40.5 Å². The van der Waals surface area contributed by atoms with Gasteiger partial charge in [-0.2, -0.15) is 5.10 Å². The molecule has 0 saturated carbocycles. The summed E-state index contributed by atoms with van der Waals surface area (Å²) in [7, 11) is 1.84. The van der Waals surface area contributed by atoms with Crippen molar-refractivity contribution in [1.82, 2.24) is 14.8 Å². The molecule has 5 nitrogen and oxygen atoms in total. The number of aromatic nitrogens is 3. The number of aryl methyl sites for hydroxylation is 1. The van der Waals surface area contributed by atoms with E-state index in [1.807, 2.05) is 13.2 Å². The minimum atomic E-state index is -0.452. The Bertz CT molecular complexity index is 876. The Morgan fingerprint density at radius 2 is 2.21 bits per heavy atom.